The summed E-state index contributed by atoms with van der Waals surface area (Å²) in [5.74, 6) is 0.0596. The molecule has 0 bridgehead atoms. The van der Waals surface area contributed by atoms with Gasteiger partial charge in [-0.05, 0) is 55.9 Å². The largest absolute Gasteiger partial charge is 0.382 e. The molecule has 0 aliphatic heterocycles. The molecule has 0 radical (unpaired) electrons. The zero-order chi connectivity index (χ0) is 19.5. The van der Waals surface area contributed by atoms with Gasteiger partial charge < -0.3 is 20.7 Å². The van der Waals surface area contributed by atoms with Crippen molar-refractivity contribution in [3.8, 4) is 0 Å². The number of hydrogen-bond acceptors (Lipinski definition) is 3. The topological polar surface area (TPSA) is 74.8 Å². The third kappa shape index (κ3) is 7.17. The molecule has 0 spiro atoms. The zero-order valence-corrected chi connectivity index (χ0v) is 16.3. The Morgan fingerprint density at radius 1 is 1.22 bits per heavy atom. The third-order valence-corrected chi connectivity index (χ3v) is 5.04. The molecular weight excluding hydrogens is 347 g/mol. The molecule has 0 atom stereocenters. The van der Waals surface area contributed by atoms with E-state index in [1.165, 1.54) is 49.9 Å². The summed E-state index contributed by atoms with van der Waals surface area (Å²) in [4.78, 5) is 16.2. The summed E-state index contributed by atoms with van der Waals surface area (Å²) < 4.78 is 18.5. The Balaban J connectivity index is 1.77. The molecule has 27 heavy (non-hydrogen) atoms. The van der Waals surface area contributed by atoms with Gasteiger partial charge in [0, 0.05) is 32.5 Å². The van der Waals surface area contributed by atoms with Gasteiger partial charge >= 0.3 is 0 Å². The van der Waals surface area contributed by atoms with Crippen LogP contribution < -0.4 is 16.0 Å². The first-order valence-electron chi connectivity index (χ1n) is 9.64. The first-order chi connectivity index (χ1) is 13.1. The first kappa shape index (κ1) is 21.2. The van der Waals surface area contributed by atoms with Crippen molar-refractivity contribution in [2.45, 2.75) is 39.0 Å². The summed E-state index contributed by atoms with van der Waals surface area (Å²) in [6.07, 6.45) is 5.92. The first-order valence-corrected chi connectivity index (χ1v) is 9.64. The van der Waals surface area contributed by atoms with E-state index in [4.69, 9.17) is 4.74 Å². The summed E-state index contributed by atoms with van der Waals surface area (Å²) in [6.45, 7) is 4.45. The predicted molar refractivity (Wildman–Crippen MR) is 106 cm³/mol. The minimum absolute atomic E-state index is 0.0863. The van der Waals surface area contributed by atoms with Crippen molar-refractivity contribution in [2.75, 3.05) is 38.7 Å². The lowest BCUT2D eigenvalue weighted by atomic mass is 9.83. The second-order valence-electron chi connectivity index (χ2n) is 6.99. The summed E-state index contributed by atoms with van der Waals surface area (Å²) in [7, 11) is 1.69. The molecule has 2 rings (SSSR count). The Morgan fingerprint density at radius 3 is 2.56 bits per heavy atom. The minimum Gasteiger partial charge on any atom is -0.382 e. The molecule has 0 unspecified atom stereocenters. The molecule has 1 amide bonds. The van der Waals surface area contributed by atoms with Gasteiger partial charge in [-0.3, -0.25) is 9.79 Å². The molecular formula is C20H31FN4O2. The number of anilines is 1. The number of guanidine groups is 1. The molecule has 1 fully saturated rings. The molecule has 6 nitrogen and oxygen atoms in total. The van der Waals surface area contributed by atoms with Crippen LogP contribution >= 0.6 is 0 Å². The number of carbonyl (C=O) groups is 1. The number of rotatable bonds is 9. The van der Waals surface area contributed by atoms with Crippen LogP contribution in [0.25, 0.3) is 0 Å². The monoisotopic (exact) mass is 378 g/mol. The van der Waals surface area contributed by atoms with Gasteiger partial charge in [0.1, 0.15) is 5.82 Å². The highest BCUT2D eigenvalue weighted by Gasteiger charge is 2.33. The lowest BCUT2D eigenvalue weighted by Crippen LogP contribution is -2.45. The Labute approximate surface area is 161 Å². The minimum atomic E-state index is -0.332. The van der Waals surface area contributed by atoms with Crippen molar-refractivity contribution < 1.29 is 13.9 Å². The predicted octanol–water partition coefficient (Wildman–Crippen LogP) is 2.92. The van der Waals surface area contributed by atoms with Crippen LogP contribution in [-0.2, 0) is 9.53 Å². The van der Waals surface area contributed by atoms with Crippen LogP contribution in [0.3, 0.4) is 0 Å². The van der Waals surface area contributed by atoms with E-state index in [0.29, 0.717) is 11.6 Å². The molecule has 0 aromatic heterocycles. The van der Waals surface area contributed by atoms with E-state index in [1.54, 1.807) is 7.05 Å². The summed E-state index contributed by atoms with van der Waals surface area (Å²) in [5.41, 5.74) is 0.801. The van der Waals surface area contributed by atoms with Gasteiger partial charge in [-0.25, -0.2) is 4.39 Å². The third-order valence-electron chi connectivity index (χ3n) is 5.04. The number of carbonyl (C=O) groups excluding carboxylic acids is 1. The quantitative estimate of drug-likeness (QED) is 0.351. The van der Waals surface area contributed by atoms with E-state index in [9.17, 15) is 9.18 Å². The maximum absolute atomic E-state index is 12.9. The molecule has 3 N–H and O–H groups in total. The highest BCUT2D eigenvalue weighted by Crippen LogP contribution is 2.40. The van der Waals surface area contributed by atoms with E-state index in [0.717, 1.165) is 26.2 Å². The number of amides is 1. The molecule has 7 heteroatoms. The van der Waals surface area contributed by atoms with Gasteiger partial charge in [-0.1, -0.05) is 12.8 Å². The Morgan fingerprint density at radius 2 is 1.93 bits per heavy atom. The highest BCUT2D eigenvalue weighted by atomic mass is 19.1. The van der Waals surface area contributed by atoms with E-state index >= 15 is 0 Å². The summed E-state index contributed by atoms with van der Waals surface area (Å²) in [5, 5.41) is 9.11. The van der Waals surface area contributed by atoms with Gasteiger partial charge in [0.05, 0.1) is 6.54 Å². The zero-order valence-electron chi connectivity index (χ0n) is 16.3. The van der Waals surface area contributed by atoms with Crippen LogP contribution in [0.4, 0.5) is 10.1 Å². The molecule has 1 aliphatic rings. The van der Waals surface area contributed by atoms with Crippen LogP contribution in [0.15, 0.2) is 29.3 Å². The smallest absolute Gasteiger partial charge is 0.243 e. The van der Waals surface area contributed by atoms with E-state index in [-0.39, 0.29) is 23.7 Å². The fourth-order valence-electron chi connectivity index (χ4n) is 3.47. The van der Waals surface area contributed by atoms with Crippen molar-refractivity contribution in [3.05, 3.63) is 30.1 Å². The van der Waals surface area contributed by atoms with Gasteiger partial charge in [0.15, 0.2) is 5.96 Å². The SMILES string of the molecule is CCOCCC1(CNC(=NC)NCC(=O)Nc2ccc(F)cc2)CCCC1. The van der Waals surface area contributed by atoms with E-state index < -0.39 is 0 Å². The Hall–Kier alpha value is -2.15. The molecule has 1 aromatic rings. The van der Waals surface area contributed by atoms with Crippen LogP contribution in [0.1, 0.15) is 39.0 Å². The number of hydrogen-bond donors (Lipinski definition) is 3. The lowest BCUT2D eigenvalue weighted by Gasteiger charge is -2.30. The molecule has 1 saturated carbocycles. The molecule has 150 valence electrons. The van der Waals surface area contributed by atoms with Crippen LogP contribution in [0, 0.1) is 11.2 Å². The van der Waals surface area contributed by atoms with Crippen LogP contribution in [0.2, 0.25) is 0 Å². The number of nitrogens with zero attached hydrogens (tertiary/aromatic N) is 1. The second-order valence-corrected chi connectivity index (χ2v) is 6.99. The number of benzene rings is 1. The second kappa shape index (κ2) is 10.9. The van der Waals surface area contributed by atoms with Crippen molar-refractivity contribution >= 4 is 17.6 Å². The molecule has 0 saturated heterocycles. The summed E-state index contributed by atoms with van der Waals surface area (Å²) in [6, 6.07) is 5.69. The fourth-order valence-corrected chi connectivity index (χ4v) is 3.47. The number of ether oxygens (including phenoxy) is 1. The van der Waals surface area contributed by atoms with Gasteiger partial charge in [0.25, 0.3) is 0 Å². The van der Waals surface area contributed by atoms with E-state index in [1.807, 2.05) is 6.92 Å². The fraction of sp³-hybridized carbons (Fsp3) is 0.600. The number of nitrogens with one attached hydrogen (secondary N) is 3. The molecule has 1 aliphatic carbocycles. The van der Waals surface area contributed by atoms with Crippen LogP contribution in [0.5, 0.6) is 0 Å². The van der Waals surface area contributed by atoms with Gasteiger partial charge in [-0.2, -0.15) is 0 Å². The normalized spacial score (nSPS) is 16.2. The van der Waals surface area contributed by atoms with E-state index in [2.05, 4.69) is 20.9 Å². The van der Waals surface area contributed by atoms with Gasteiger partial charge in [0.2, 0.25) is 5.91 Å². The number of halogens is 1. The van der Waals surface area contributed by atoms with Crippen molar-refractivity contribution in [1.82, 2.24) is 10.6 Å². The van der Waals surface area contributed by atoms with Crippen molar-refractivity contribution in [1.29, 1.82) is 0 Å². The number of aliphatic imine (C=N–C) groups is 1. The van der Waals surface area contributed by atoms with Crippen molar-refractivity contribution in [2.24, 2.45) is 10.4 Å². The summed E-state index contributed by atoms with van der Waals surface area (Å²) >= 11 is 0. The maximum Gasteiger partial charge on any atom is 0.243 e. The average Bonchev–Trinajstić information content (AvgIpc) is 3.13. The highest BCUT2D eigenvalue weighted by molar-refractivity contribution is 5.94. The lowest BCUT2D eigenvalue weighted by molar-refractivity contribution is -0.115. The maximum atomic E-state index is 12.9. The Bertz CT molecular complexity index is 613. The standard InChI is InChI=1S/C20H31FN4O2/c1-3-27-13-12-20(10-4-5-11-20)15-24-19(22-2)23-14-18(26)25-17-8-6-16(21)7-9-17/h6-9H,3-5,10-15H2,1-2H3,(H,25,26)(H2,22,23,24). The molecule has 1 aromatic carbocycles. The Kier molecular flexibility index (Phi) is 8.51. The molecule has 0 heterocycles. The average molecular weight is 378 g/mol. The van der Waals surface area contributed by atoms with Crippen molar-refractivity contribution in [3.63, 3.8) is 0 Å². The van der Waals surface area contributed by atoms with Crippen LogP contribution in [-0.4, -0.2) is 45.2 Å². The van der Waals surface area contributed by atoms with Gasteiger partial charge in [-0.15, -0.1) is 0 Å².